The van der Waals surface area contributed by atoms with Crippen LogP contribution in [-0.4, -0.2) is 4.98 Å². The number of H-pyrrole nitrogens is 1. The monoisotopic (exact) mass is 211 g/mol. The molecule has 2 nitrogen and oxygen atoms in total. The van der Waals surface area contributed by atoms with E-state index >= 15 is 0 Å². The number of rotatable bonds is 2. The van der Waals surface area contributed by atoms with Crippen LogP contribution in [-0.2, 0) is 6.42 Å². The van der Waals surface area contributed by atoms with Gasteiger partial charge in [-0.3, -0.25) is 4.98 Å². The van der Waals surface area contributed by atoms with E-state index in [2.05, 4.69) is 40.4 Å². The lowest BCUT2D eigenvalue weighted by atomic mass is 10.1. The van der Waals surface area contributed by atoms with Gasteiger partial charge in [-0.1, -0.05) is 42.2 Å². The maximum atomic E-state index is 3.23. The molecule has 2 rings (SSSR count). The van der Waals surface area contributed by atoms with Gasteiger partial charge >= 0.3 is 0 Å². The highest BCUT2D eigenvalue weighted by atomic mass is 15.0. The van der Waals surface area contributed by atoms with Crippen LogP contribution >= 0.6 is 0 Å². The predicted molar refractivity (Wildman–Crippen MR) is 63.6 cm³/mol. The normalized spacial score (nSPS) is 11.6. The molecular weight excluding hydrogens is 196 g/mol. The minimum Gasteiger partial charge on any atom is -0.250 e. The molecular formula is C14H15N2+. The van der Waals surface area contributed by atoms with E-state index in [0.29, 0.717) is 0 Å². The summed E-state index contributed by atoms with van der Waals surface area (Å²) < 4.78 is 2.05. The third kappa shape index (κ3) is 2.74. The van der Waals surface area contributed by atoms with E-state index in [1.807, 2.05) is 36.9 Å². The summed E-state index contributed by atoms with van der Waals surface area (Å²) in [6.45, 7) is 2.09. The second-order valence-corrected chi connectivity index (χ2v) is 3.72. The van der Waals surface area contributed by atoms with Gasteiger partial charge in [-0.05, 0) is 12.5 Å². The first-order valence-corrected chi connectivity index (χ1v) is 5.42. The largest absolute Gasteiger partial charge is 0.250 e. The number of hydrogen-bond acceptors (Lipinski definition) is 0. The summed E-state index contributed by atoms with van der Waals surface area (Å²) in [5, 5.41) is 0. The molecule has 80 valence electrons. The molecule has 0 radical (unpaired) electrons. The van der Waals surface area contributed by atoms with Gasteiger partial charge in [0.25, 0.3) is 0 Å². The Bertz CT molecular complexity index is 474. The third-order valence-corrected chi connectivity index (χ3v) is 2.46. The van der Waals surface area contributed by atoms with E-state index in [1.54, 1.807) is 0 Å². The molecule has 0 spiro atoms. The predicted octanol–water partition coefficient (Wildman–Crippen LogP) is 2.11. The van der Waals surface area contributed by atoms with E-state index in [4.69, 9.17) is 0 Å². The highest BCUT2D eigenvalue weighted by Gasteiger charge is 2.03. The first-order chi connectivity index (χ1) is 7.86. The maximum absolute atomic E-state index is 3.23. The van der Waals surface area contributed by atoms with Crippen LogP contribution in [0.25, 0.3) is 0 Å². The van der Waals surface area contributed by atoms with Crippen molar-refractivity contribution in [2.45, 2.75) is 19.4 Å². The summed E-state index contributed by atoms with van der Waals surface area (Å²) in [7, 11) is 0. The van der Waals surface area contributed by atoms with Gasteiger partial charge in [-0.25, -0.2) is 4.57 Å². The van der Waals surface area contributed by atoms with Crippen molar-refractivity contribution in [1.29, 1.82) is 0 Å². The van der Waals surface area contributed by atoms with Crippen molar-refractivity contribution in [1.82, 2.24) is 4.98 Å². The lowest BCUT2D eigenvalue weighted by Crippen LogP contribution is -2.33. The third-order valence-electron chi connectivity index (χ3n) is 2.46. The van der Waals surface area contributed by atoms with Crippen LogP contribution in [0.4, 0.5) is 0 Å². The molecule has 0 aliphatic rings. The van der Waals surface area contributed by atoms with Crippen LogP contribution < -0.4 is 4.57 Å². The summed E-state index contributed by atoms with van der Waals surface area (Å²) in [6, 6.07) is 10.5. The van der Waals surface area contributed by atoms with Gasteiger partial charge in [0.05, 0.1) is 0 Å². The average Bonchev–Trinajstić information content (AvgIpc) is 2.84. The summed E-state index contributed by atoms with van der Waals surface area (Å²) in [4.78, 5) is 3.01. The van der Waals surface area contributed by atoms with Gasteiger partial charge < -0.3 is 0 Å². The van der Waals surface area contributed by atoms with Crippen molar-refractivity contribution < 1.29 is 4.57 Å². The van der Waals surface area contributed by atoms with Crippen molar-refractivity contribution in [3.8, 4) is 11.8 Å². The molecule has 0 amide bonds. The molecule has 16 heavy (non-hydrogen) atoms. The fraction of sp³-hybridized carbons (Fsp3) is 0.214. The molecule has 0 saturated carbocycles. The molecule has 2 aromatic rings. The number of benzene rings is 1. The van der Waals surface area contributed by atoms with Crippen LogP contribution in [0, 0.1) is 11.8 Å². The molecule has 0 fully saturated rings. The first-order valence-electron chi connectivity index (χ1n) is 5.42. The Morgan fingerprint density at radius 2 is 2.12 bits per heavy atom. The topological polar surface area (TPSA) is 19.7 Å². The van der Waals surface area contributed by atoms with Crippen LogP contribution in [0.3, 0.4) is 0 Å². The van der Waals surface area contributed by atoms with E-state index in [9.17, 15) is 0 Å². The molecule has 2 heteroatoms. The minimum absolute atomic E-state index is 0.218. The summed E-state index contributed by atoms with van der Waals surface area (Å²) in [5.74, 6) is 6.43. The zero-order valence-electron chi connectivity index (χ0n) is 9.35. The van der Waals surface area contributed by atoms with E-state index in [0.717, 1.165) is 6.42 Å². The number of aromatic amines is 1. The first kappa shape index (κ1) is 10.5. The highest BCUT2D eigenvalue weighted by Crippen LogP contribution is 1.98. The molecule has 1 N–H and O–H groups in total. The Morgan fingerprint density at radius 3 is 2.81 bits per heavy atom. The Hall–Kier alpha value is -2.01. The van der Waals surface area contributed by atoms with Crippen LogP contribution in [0.15, 0.2) is 49.1 Å². The van der Waals surface area contributed by atoms with Crippen molar-refractivity contribution in [3.63, 3.8) is 0 Å². The molecule has 1 heterocycles. The summed E-state index contributed by atoms with van der Waals surface area (Å²) in [5.41, 5.74) is 1.27. The Balaban J connectivity index is 1.96. The van der Waals surface area contributed by atoms with Crippen molar-refractivity contribution in [2.75, 3.05) is 0 Å². The smallest absolute Gasteiger partial charge is 0.242 e. The zero-order chi connectivity index (χ0) is 11.2. The molecule has 0 saturated heterocycles. The molecule has 1 aromatic carbocycles. The lowest BCUT2D eigenvalue weighted by Gasteiger charge is -1.97. The quantitative estimate of drug-likeness (QED) is 0.580. The van der Waals surface area contributed by atoms with Gasteiger partial charge in [0.2, 0.25) is 6.33 Å². The maximum Gasteiger partial charge on any atom is 0.242 e. The molecule has 1 unspecified atom stereocenters. The molecule has 0 aliphatic carbocycles. The SMILES string of the molecule is CC(C#CCc1ccccc1)[n+]1cc[nH]c1. The number of nitrogens with one attached hydrogen (secondary N) is 1. The molecule has 1 atom stereocenters. The Morgan fingerprint density at radius 1 is 1.31 bits per heavy atom. The minimum atomic E-state index is 0.218. The fourth-order valence-electron chi connectivity index (χ4n) is 1.51. The van der Waals surface area contributed by atoms with Crippen molar-refractivity contribution in [2.24, 2.45) is 0 Å². The van der Waals surface area contributed by atoms with Gasteiger partial charge in [0.15, 0.2) is 6.04 Å². The van der Waals surface area contributed by atoms with Gasteiger partial charge in [0, 0.05) is 6.42 Å². The summed E-state index contributed by atoms with van der Waals surface area (Å²) >= 11 is 0. The van der Waals surface area contributed by atoms with Gasteiger partial charge in [-0.15, -0.1) is 0 Å². The fourth-order valence-corrected chi connectivity index (χ4v) is 1.51. The number of imidazole rings is 1. The number of hydrogen-bond donors (Lipinski definition) is 1. The molecule has 1 aromatic heterocycles. The van der Waals surface area contributed by atoms with Crippen molar-refractivity contribution in [3.05, 3.63) is 54.6 Å². The van der Waals surface area contributed by atoms with Crippen LogP contribution in [0.5, 0.6) is 0 Å². The van der Waals surface area contributed by atoms with Crippen LogP contribution in [0.2, 0.25) is 0 Å². The van der Waals surface area contributed by atoms with Crippen LogP contribution in [0.1, 0.15) is 18.5 Å². The molecule has 0 aliphatic heterocycles. The Labute approximate surface area is 96.0 Å². The molecule has 0 bridgehead atoms. The van der Waals surface area contributed by atoms with Crippen molar-refractivity contribution >= 4 is 0 Å². The van der Waals surface area contributed by atoms with Gasteiger partial charge in [-0.2, -0.15) is 0 Å². The average molecular weight is 211 g/mol. The van der Waals surface area contributed by atoms with E-state index in [1.165, 1.54) is 5.56 Å². The lowest BCUT2D eigenvalue weighted by molar-refractivity contribution is -0.705. The zero-order valence-corrected chi connectivity index (χ0v) is 9.35. The van der Waals surface area contributed by atoms with E-state index < -0.39 is 0 Å². The second-order valence-electron chi connectivity index (χ2n) is 3.72. The van der Waals surface area contributed by atoms with Gasteiger partial charge in [0.1, 0.15) is 12.4 Å². The Kier molecular flexibility index (Phi) is 3.40. The second kappa shape index (κ2) is 5.18. The highest BCUT2D eigenvalue weighted by molar-refractivity contribution is 5.20. The number of aromatic nitrogens is 2. The summed E-state index contributed by atoms with van der Waals surface area (Å²) in [6.07, 6.45) is 6.62. The van der Waals surface area contributed by atoms with E-state index in [-0.39, 0.29) is 6.04 Å². The standard InChI is InChI=1S/C14H14N2/c1-13(16-11-10-15-12-16)6-5-9-14-7-3-2-4-8-14/h2-4,7-8,10-13H,9H2,1H3/p+1. The number of nitrogens with zero attached hydrogens (tertiary/aromatic N) is 1.